The van der Waals surface area contributed by atoms with E-state index in [9.17, 15) is 4.79 Å². The van der Waals surface area contributed by atoms with Crippen LogP contribution in [0, 0.1) is 25.2 Å². The number of hydrogen-bond acceptors (Lipinski definition) is 7. The summed E-state index contributed by atoms with van der Waals surface area (Å²) in [5.41, 5.74) is 3.42. The van der Waals surface area contributed by atoms with Crippen molar-refractivity contribution in [2.75, 3.05) is 26.4 Å². The third kappa shape index (κ3) is 6.22. The molecule has 0 unspecified atom stereocenters. The smallest absolute Gasteiger partial charge is 0.283 e. The summed E-state index contributed by atoms with van der Waals surface area (Å²) in [5, 5.41) is 15.6. The highest BCUT2D eigenvalue weighted by atomic mass is 32.2. The number of nitrogens with zero attached hydrogens (tertiary/aromatic N) is 3. The molecule has 0 radical (unpaired) electrons. The molecule has 2 aliphatic heterocycles. The topological polar surface area (TPSA) is 96.6 Å². The van der Waals surface area contributed by atoms with Crippen molar-refractivity contribution in [3.8, 4) is 11.5 Å². The molecule has 0 fully saturated rings. The van der Waals surface area contributed by atoms with Crippen LogP contribution in [0.25, 0.3) is 6.08 Å². The first-order valence-electron chi connectivity index (χ1n) is 11.8. The van der Waals surface area contributed by atoms with E-state index < -0.39 is 5.91 Å². The van der Waals surface area contributed by atoms with Crippen LogP contribution in [-0.2, 0) is 9.53 Å². The number of carbonyl (C=O) groups is 1. The number of ether oxygens (including phenoxy) is 3. The van der Waals surface area contributed by atoms with E-state index in [-0.39, 0.29) is 17.3 Å². The SMILES string of the molecule is Cc1ccc(OCCOCCOc2ccc(/C=C3/C(=N)N4N=C(C(C)C)SC4=NC3=O)cc2)cc1C. The van der Waals surface area contributed by atoms with Crippen molar-refractivity contribution in [1.82, 2.24) is 5.01 Å². The Morgan fingerprint density at radius 1 is 0.972 bits per heavy atom. The molecular weight excluding hydrogens is 476 g/mol. The fourth-order valence-corrected chi connectivity index (χ4v) is 4.30. The number of fused-ring (bicyclic) bond motifs is 1. The van der Waals surface area contributed by atoms with Gasteiger partial charge in [0.05, 0.1) is 18.8 Å². The van der Waals surface area contributed by atoms with Crippen LogP contribution in [-0.4, -0.2) is 53.4 Å². The van der Waals surface area contributed by atoms with Gasteiger partial charge in [0.15, 0.2) is 5.84 Å². The van der Waals surface area contributed by atoms with Crippen LogP contribution in [0.5, 0.6) is 11.5 Å². The first-order chi connectivity index (χ1) is 17.3. The molecule has 4 rings (SSSR count). The van der Waals surface area contributed by atoms with Gasteiger partial charge in [-0.1, -0.05) is 32.0 Å². The number of carbonyl (C=O) groups excluding carboxylic acids is 1. The third-order valence-electron chi connectivity index (χ3n) is 5.63. The highest BCUT2D eigenvalue weighted by Crippen LogP contribution is 2.30. The Morgan fingerprint density at radius 3 is 2.31 bits per heavy atom. The maximum atomic E-state index is 12.5. The fourth-order valence-electron chi connectivity index (χ4n) is 3.41. The highest BCUT2D eigenvalue weighted by Gasteiger charge is 2.36. The molecule has 2 aromatic rings. The first kappa shape index (κ1) is 25.7. The zero-order chi connectivity index (χ0) is 25.7. The second-order valence-electron chi connectivity index (χ2n) is 8.74. The summed E-state index contributed by atoms with van der Waals surface area (Å²) in [4.78, 5) is 16.6. The van der Waals surface area contributed by atoms with Crippen LogP contribution in [0.15, 0.2) is 58.1 Å². The molecule has 0 aromatic heterocycles. The third-order valence-corrected chi connectivity index (χ3v) is 6.84. The Kier molecular flexibility index (Phi) is 8.22. The summed E-state index contributed by atoms with van der Waals surface area (Å²) in [6, 6.07) is 13.3. The van der Waals surface area contributed by atoms with Crippen LogP contribution in [0.3, 0.4) is 0 Å². The number of amides is 1. The molecule has 0 aliphatic carbocycles. The van der Waals surface area contributed by atoms with Crippen LogP contribution in [0.4, 0.5) is 0 Å². The Bertz CT molecular complexity index is 1230. The molecule has 188 valence electrons. The predicted molar refractivity (Wildman–Crippen MR) is 144 cm³/mol. The summed E-state index contributed by atoms with van der Waals surface area (Å²) in [5.74, 6) is 1.34. The number of benzene rings is 2. The van der Waals surface area contributed by atoms with E-state index in [0.717, 1.165) is 16.4 Å². The average Bonchev–Trinajstić information content (AvgIpc) is 3.29. The van der Waals surface area contributed by atoms with Crippen LogP contribution >= 0.6 is 11.8 Å². The van der Waals surface area contributed by atoms with Gasteiger partial charge in [0.2, 0.25) is 5.17 Å². The van der Waals surface area contributed by atoms with E-state index in [1.54, 1.807) is 6.08 Å². The van der Waals surface area contributed by atoms with E-state index in [0.29, 0.717) is 37.3 Å². The molecule has 0 saturated carbocycles. The normalized spacial score (nSPS) is 16.4. The summed E-state index contributed by atoms with van der Waals surface area (Å²) >= 11 is 1.34. The minimum absolute atomic E-state index is 0.0344. The summed E-state index contributed by atoms with van der Waals surface area (Å²) in [6.45, 7) is 9.99. The first-order valence-corrected chi connectivity index (χ1v) is 12.6. The van der Waals surface area contributed by atoms with Crippen molar-refractivity contribution in [3.63, 3.8) is 0 Å². The Labute approximate surface area is 215 Å². The molecule has 36 heavy (non-hydrogen) atoms. The maximum absolute atomic E-state index is 12.5. The number of hydrazone groups is 1. The van der Waals surface area contributed by atoms with Crippen molar-refractivity contribution in [3.05, 3.63) is 64.7 Å². The van der Waals surface area contributed by atoms with E-state index >= 15 is 0 Å². The lowest BCUT2D eigenvalue weighted by molar-refractivity contribution is -0.114. The number of nitrogens with one attached hydrogen (secondary N) is 1. The lowest BCUT2D eigenvalue weighted by Gasteiger charge is -2.20. The van der Waals surface area contributed by atoms with Gasteiger partial charge in [-0.05, 0) is 72.6 Å². The van der Waals surface area contributed by atoms with Crippen molar-refractivity contribution < 1.29 is 19.0 Å². The lowest BCUT2D eigenvalue weighted by Crippen LogP contribution is -2.35. The molecular formula is C27H30N4O4S. The molecule has 2 aromatic carbocycles. The molecule has 0 spiro atoms. The van der Waals surface area contributed by atoms with Crippen molar-refractivity contribution in [1.29, 1.82) is 5.41 Å². The molecule has 8 nitrogen and oxygen atoms in total. The highest BCUT2D eigenvalue weighted by molar-refractivity contribution is 8.27. The standard InChI is InChI=1S/C27H30N4O4S/c1-17(2)26-30-31-24(28)23(25(32)29-27(31)36-26)16-20-6-9-21(10-7-20)34-13-11-33-12-14-35-22-8-5-18(3)19(4)15-22/h5-10,15-17,28H,11-14H2,1-4H3/b23-16-,28-24?. The van der Waals surface area contributed by atoms with Gasteiger partial charge < -0.3 is 14.2 Å². The average molecular weight is 507 g/mol. The van der Waals surface area contributed by atoms with Crippen LogP contribution in [0.1, 0.15) is 30.5 Å². The molecule has 0 bridgehead atoms. The molecule has 0 saturated heterocycles. The zero-order valence-corrected chi connectivity index (χ0v) is 21.7. The minimum atomic E-state index is -0.432. The number of rotatable bonds is 10. The van der Waals surface area contributed by atoms with Crippen molar-refractivity contribution >= 4 is 39.8 Å². The fraction of sp³-hybridized carbons (Fsp3) is 0.333. The largest absolute Gasteiger partial charge is 0.491 e. The van der Waals surface area contributed by atoms with Gasteiger partial charge in [0.1, 0.15) is 29.8 Å². The quantitative estimate of drug-likeness (QED) is 0.358. The number of aliphatic imine (C=N–C) groups is 1. The van der Waals surface area contributed by atoms with E-state index in [4.69, 9.17) is 19.6 Å². The summed E-state index contributed by atoms with van der Waals surface area (Å²) < 4.78 is 17.0. The second kappa shape index (κ2) is 11.5. The summed E-state index contributed by atoms with van der Waals surface area (Å²) in [7, 11) is 0. The van der Waals surface area contributed by atoms with Gasteiger partial charge in [0.25, 0.3) is 5.91 Å². The van der Waals surface area contributed by atoms with Crippen LogP contribution < -0.4 is 9.47 Å². The molecule has 2 heterocycles. The second-order valence-corrected chi connectivity index (χ2v) is 9.72. The van der Waals surface area contributed by atoms with Crippen molar-refractivity contribution in [2.45, 2.75) is 27.7 Å². The van der Waals surface area contributed by atoms with E-state index in [1.807, 2.05) is 56.3 Å². The van der Waals surface area contributed by atoms with Gasteiger partial charge in [0, 0.05) is 5.92 Å². The van der Waals surface area contributed by atoms with Crippen molar-refractivity contribution in [2.24, 2.45) is 16.0 Å². The van der Waals surface area contributed by atoms with Gasteiger partial charge in [-0.2, -0.15) is 15.1 Å². The molecule has 9 heteroatoms. The Hall–Kier alpha value is -3.43. The maximum Gasteiger partial charge on any atom is 0.283 e. The molecule has 0 atom stereocenters. The predicted octanol–water partition coefficient (Wildman–Crippen LogP) is 5.05. The Balaban J connectivity index is 1.22. The molecule has 2 aliphatic rings. The van der Waals surface area contributed by atoms with E-state index in [1.165, 1.54) is 27.9 Å². The van der Waals surface area contributed by atoms with E-state index in [2.05, 4.69) is 23.9 Å². The zero-order valence-electron chi connectivity index (χ0n) is 20.9. The molecule has 1 amide bonds. The van der Waals surface area contributed by atoms with Gasteiger partial charge in [-0.3, -0.25) is 10.2 Å². The Morgan fingerprint density at radius 2 is 1.64 bits per heavy atom. The number of aryl methyl sites for hydroxylation is 2. The number of hydrogen-bond donors (Lipinski definition) is 1. The van der Waals surface area contributed by atoms with Gasteiger partial charge in [-0.25, -0.2) is 0 Å². The van der Waals surface area contributed by atoms with Crippen LogP contribution in [0.2, 0.25) is 0 Å². The number of thioether (sulfide) groups is 1. The van der Waals surface area contributed by atoms with Gasteiger partial charge in [-0.15, -0.1) is 0 Å². The summed E-state index contributed by atoms with van der Waals surface area (Å²) in [6.07, 6.45) is 1.65. The number of amidine groups is 2. The monoisotopic (exact) mass is 506 g/mol. The minimum Gasteiger partial charge on any atom is -0.491 e. The van der Waals surface area contributed by atoms with Gasteiger partial charge >= 0.3 is 0 Å². The lowest BCUT2D eigenvalue weighted by atomic mass is 10.1. The molecule has 1 N–H and O–H groups in total.